The highest BCUT2D eigenvalue weighted by Crippen LogP contribution is 2.30. The van der Waals surface area contributed by atoms with Crippen LogP contribution < -0.4 is 10.5 Å². The molecule has 3 nitrogen and oxygen atoms in total. The zero-order chi connectivity index (χ0) is 12.6. The van der Waals surface area contributed by atoms with Crippen molar-refractivity contribution in [2.45, 2.75) is 19.7 Å². The molecule has 0 aliphatic rings. The summed E-state index contributed by atoms with van der Waals surface area (Å²) in [6.07, 6.45) is -4.04. The molecule has 17 heavy (non-hydrogen) atoms. The normalized spacial score (nSPS) is 12.0. The van der Waals surface area contributed by atoms with Gasteiger partial charge in [-0.2, -0.15) is 0 Å². The van der Waals surface area contributed by atoms with Crippen LogP contribution in [0.1, 0.15) is 12.5 Å². The third kappa shape index (κ3) is 2.30. The molecule has 0 atom stereocenters. The SMILES string of the molecule is CCc1c(N)[nH]c2ccc(OC(F)(F)F)cc12. The lowest BCUT2D eigenvalue weighted by molar-refractivity contribution is -0.274. The lowest BCUT2D eigenvalue weighted by Gasteiger charge is -2.08. The predicted octanol–water partition coefficient (Wildman–Crippen LogP) is 3.21. The molecule has 3 N–H and O–H groups in total. The van der Waals surface area contributed by atoms with Gasteiger partial charge in [-0.15, -0.1) is 13.2 Å². The Kier molecular flexibility index (Phi) is 2.65. The van der Waals surface area contributed by atoms with Gasteiger partial charge in [0.1, 0.15) is 11.6 Å². The minimum absolute atomic E-state index is 0.237. The molecule has 1 aromatic heterocycles. The lowest BCUT2D eigenvalue weighted by Crippen LogP contribution is -2.16. The van der Waals surface area contributed by atoms with Gasteiger partial charge in [-0.05, 0) is 24.6 Å². The number of aromatic nitrogens is 1. The fourth-order valence-electron chi connectivity index (χ4n) is 1.83. The first-order chi connectivity index (χ1) is 7.90. The van der Waals surface area contributed by atoms with Crippen molar-refractivity contribution >= 4 is 16.7 Å². The number of alkyl halides is 3. The fourth-order valence-corrected chi connectivity index (χ4v) is 1.83. The molecule has 92 valence electrons. The number of ether oxygens (including phenoxy) is 1. The largest absolute Gasteiger partial charge is 0.573 e. The smallest absolute Gasteiger partial charge is 0.406 e. The number of fused-ring (bicyclic) bond motifs is 1. The molecular weight excluding hydrogens is 233 g/mol. The van der Waals surface area contributed by atoms with Crippen molar-refractivity contribution < 1.29 is 17.9 Å². The number of benzene rings is 1. The molecule has 2 rings (SSSR count). The highest BCUT2D eigenvalue weighted by Gasteiger charge is 2.31. The van der Waals surface area contributed by atoms with E-state index in [0.717, 1.165) is 5.56 Å². The number of nitrogen functional groups attached to an aromatic ring is 1. The molecule has 0 amide bonds. The van der Waals surface area contributed by atoms with Crippen LogP contribution in [0.5, 0.6) is 5.75 Å². The first-order valence-corrected chi connectivity index (χ1v) is 5.06. The Bertz CT molecular complexity index is 545. The molecule has 0 fully saturated rings. The number of anilines is 1. The number of halogens is 3. The second-order valence-corrected chi connectivity index (χ2v) is 3.63. The summed E-state index contributed by atoms with van der Waals surface area (Å²) in [5.74, 6) is 0.241. The molecule has 1 aromatic carbocycles. The maximum absolute atomic E-state index is 12.1. The van der Waals surface area contributed by atoms with Gasteiger partial charge in [-0.25, -0.2) is 0 Å². The van der Waals surface area contributed by atoms with E-state index in [0.29, 0.717) is 23.1 Å². The Hall–Kier alpha value is -1.85. The van der Waals surface area contributed by atoms with Crippen LogP contribution >= 0.6 is 0 Å². The van der Waals surface area contributed by atoms with Gasteiger partial charge >= 0.3 is 6.36 Å². The second-order valence-electron chi connectivity index (χ2n) is 3.63. The zero-order valence-corrected chi connectivity index (χ0v) is 9.06. The van der Waals surface area contributed by atoms with Crippen LogP contribution in [0, 0.1) is 0 Å². The van der Waals surface area contributed by atoms with E-state index >= 15 is 0 Å². The van der Waals surface area contributed by atoms with Gasteiger partial charge in [0, 0.05) is 16.5 Å². The Morgan fingerprint density at radius 1 is 1.35 bits per heavy atom. The number of H-pyrrole nitrogens is 1. The highest BCUT2D eigenvalue weighted by atomic mass is 19.4. The first kappa shape index (κ1) is 11.6. The van der Waals surface area contributed by atoms with Crippen LogP contribution in [0.25, 0.3) is 10.9 Å². The maximum Gasteiger partial charge on any atom is 0.573 e. The van der Waals surface area contributed by atoms with E-state index in [1.807, 2.05) is 6.92 Å². The topological polar surface area (TPSA) is 51.0 Å². The Morgan fingerprint density at radius 3 is 2.65 bits per heavy atom. The number of nitrogens with one attached hydrogen (secondary N) is 1. The summed E-state index contributed by atoms with van der Waals surface area (Å²) in [5, 5.41) is 0.659. The summed E-state index contributed by atoms with van der Waals surface area (Å²) in [6.45, 7) is 1.89. The van der Waals surface area contributed by atoms with Gasteiger partial charge in [0.25, 0.3) is 0 Å². The van der Waals surface area contributed by atoms with Gasteiger partial charge in [0.2, 0.25) is 0 Å². The minimum atomic E-state index is -4.68. The summed E-state index contributed by atoms with van der Waals surface area (Å²) >= 11 is 0. The molecule has 6 heteroatoms. The number of aromatic amines is 1. The average Bonchev–Trinajstić information content (AvgIpc) is 2.50. The molecule has 1 heterocycles. The summed E-state index contributed by atoms with van der Waals surface area (Å²) in [5.41, 5.74) is 7.22. The summed E-state index contributed by atoms with van der Waals surface area (Å²) in [6, 6.07) is 4.12. The van der Waals surface area contributed by atoms with Crippen molar-refractivity contribution in [3.63, 3.8) is 0 Å². The standard InChI is InChI=1S/C11H11F3N2O/c1-2-7-8-5-6(17-11(12,13)14)3-4-9(8)16-10(7)15/h3-5,16H,2,15H2,1H3. The Balaban J connectivity index is 2.49. The molecule has 0 saturated heterocycles. The van der Waals surface area contributed by atoms with Crippen LogP contribution in [0.4, 0.5) is 19.0 Å². The number of aryl methyl sites for hydroxylation is 1. The van der Waals surface area contributed by atoms with Gasteiger partial charge in [0.15, 0.2) is 0 Å². The summed E-state index contributed by atoms with van der Waals surface area (Å²) in [4.78, 5) is 2.91. The third-order valence-corrected chi connectivity index (χ3v) is 2.50. The van der Waals surface area contributed by atoms with E-state index in [9.17, 15) is 13.2 Å². The van der Waals surface area contributed by atoms with E-state index in [4.69, 9.17) is 5.73 Å². The quantitative estimate of drug-likeness (QED) is 0.852. The van der Waals surface area contributed by atoms with Crippen LogP contribution in [0.3, 0.4) is 0 Å². The van der Waals surface area contributed by atoms with Crippen molar-refractivity contribution in [3.05, 3.63) is 23.8 Å². The van der Waals surface area contributed by atoms with Crippen LogP contribution in [-0.4, -0.2) is 11.3 Å². The molecule has 0 radical (unpaired) electrons. The summed E-state index contributed by atoms with van der Waals surface area (Å²) in [7, 11) is 0. The molecule has 0 bridgehead atoms. The minimum Gasteiger partial charge on any atom is -0.406 e. The number of nitrogens with two attached hydrogens (primary N) is 1. The van der Waals surface area contributed by atoms with E-state index in [-0.39, 0.29) is 5.75 Å². The van der Waals surface area contributed by atoms with E-state index in [1.54, 1.807) is 0 Å². The van der Waals surface area contributed by atoms with Crippen molar-refractivity contribution in [1.29, 1.82) is 0 Å². The highest BCUT2D eigenvalue weighted by molar-refractivity contribution is 5.89. The molecule has 0 saturated carbocycles. The first-order valence-electron chi connectivity index (χ1n) is 5.06. The van der Waals surface area contributed by atoms with Gasteiger partial charge in [-0.1, -0.05) is 6.92 Å². The van der Waals surface area contributed by atoms with Crippen LogP contribution in [0.15, 0.2) is 18.2 Å². The summed E-state index contributed by atoms with van der Waals surface area (Å²) < 4.78 is 40.1. The van der Waals surface area contributed by atoms with E-state index in [2.05, 4.69) is 9.72 Å². The number of rotatable bonds is 2. The molecule has 2 aromatic rings. The van der Waals surface area contributed by atoms with E-state index in [1.165, 1.54) is 18.2 Å². The van der Waals surface area contributed by atoms with Gasteiger partial charge in [0.05, 0.1) is 0 Å². The Labute approximate surface area is 95.4 Å². The molecular formula is C11H11F3N2O. The lowest BCUT2D eigenvalue weighted by atomic mass is 10.1. The fraction of sp³-hybridized carbons (Fsp3) is 0.273. The van der Waals surface area contributed by atoms with E-state index < -0.39 is 6.36 Å². The van der Waals surface area contributed by atoms with Crippen molar-refractivity contribution in [2.24, 2.45) is 0 Å². The number of hydrogen-bond acceptors (Lipinski definition) is 2. The molecule has 0 unspecified atom stereocenters. The van der Waals surface area contributed by atoms with Crippen molar-refractivity contribution in [1.82, 2.24) is 4.98 Å². The van der Waals surface area contributed by atoms with Crippen LogP contribution in [-0.2, 0) is 6.42 Å². The van der Waals surface area contributed by atoms with Crippen molar-refractivity contribution in [3.8, 4) is 5.75 Å². The monoisotopic (exact) mass is 244 g/mol. The Morgan fingerprint density at radius 2 is 2.06 bits per heavy atom. The van der Waals surface area contributed by atoms with Crippen molar-refractivity contribution in [2.75, 3.05) is 5.73 Å². The zero-order valence-electron chi connectivity index (χ0n) is 9.06. The molecule has 0 spiro atoms. The predicted molar refractivity (Wildman–Crippen MR) is 58.8 cm³/mol. The second kappa shape index (κ2) is 3.87. The maximum atomic E-state index is 12.1. The van der Waals surface area contributed by atoms with Gasteiger partial charge in [-0.3, -0.25) is 0 Å². The third-order valence-electron chi connectivity index (χ3n) is 2.50. The average molecular weight is 244 g/mol. The van der Waals surface area contributed by atoms with Gasteiger partial charge < -0.3 is 15.5 Å². The molecule has 0 aliphatic carbocycles. The van der Waals surface area contributed by atoms with Crippen LogP contribution in [0.2, 0.25) is 0 Å². The number of hydrogen-bond donors (Lipinski definition) is 2. The molecule has 0 aliphatic heterocycles.